The summed E-state index contributed by atoms with van der Waals surface area (Å²) in [4.78, 5) is 40.2. The lowest BCUT2D eigenvalue weighted by molar-refractivity contribution is -0.152. The van der Waals surface area contributed by atoms with Gasteiger partial charge >= 0.3 is 12.1 Å². The van der Waals surface area contributed by atoms with Crippen LogP contribution in [0.5, 0.6) is 5.75 Å². The molecule has 0 bridgehead atoms. The van der Waals surface area contributed by atoms with Gasteiger partial charge in [0, 0.05) is 28.3 Å². The minimum Gasteiger partial charge on any atom is -0.488 e. The lowest BCUT2D eigenvalue weighted by atomic mass is 9.84. The van der Waals surface area contributed by atoms with Crippen molar-refractivity contribution in [3.05, 3.63) is 52.0 Å². The predicted molar refractivity (Wildman–Crippen MR) is 130 cm³/mol. The van der Waals surface area contributed by atoms with E-state index < -0.39 is 29.8 Å². The topological polar surface area (TPSA) is 82.1 Å². The van der Waals surface area contributed by atoms with Crippen molar-refractivity contribution in [2.24, 2.45) is 0 Å². The quantitative estimate of drug-likeness (QED) is 0.521. The average molecular weight is 498 g/mol. The molecule has 184 valence electrons. The van der Waals surface area contributed by atoms with Gasteiger partial charge in [-0.25, -0.2) is 9.59 Å². The van der Waals surface area contributed by atoms with Gasteiger partial charge in [-0.15, -0.1) is 0 Å². The first-order valence-corrected chi connectivity index (χ1v) is 12.3. The molecule has 0 saturated carbocycles. The van der Waals surface area contributed by atoms with Crippen molar-refractivity contribution in [3.8, 4) is 16.9 Å². The Balaban J connectivity index is 1.33. The zero-order chi connectivity index (χ0) is 24.9. The Morgan fingerprint density at radius 3 is 2.60 bits per heavy atom. The average Bonchev–Trinajstić information content (AvgIpc) is 3.29. The van der Waals surface area contributed by atoms with Crippen LogP contribution in [0.25, 0.3) is 11.1 Å². The summed E-state index contributed by atoms with van der Waals surface area (Å²) in [6, 6.07) is 8.63. The molecule has 0 N–H and O–H groups in total. The van der Waals surface area contributed by atoms with E-state index in [9.17, 15) is 14.4 Å². The van der Waals surface area contributed by atoms with Crippen LogP contribution >= 0.6 is 11.6 Å². The van der Waals surface area contributed by atoms with Crippen molar-refractivity contribution < 1.29 is 28.6 Å². The summed E-state index contributed by atoms with van der Waals surface area (Å²) < 4.78 is 17.2. The summed E-state index contributed by atoms with van der Waals surface area (Å²) in [5.74, 6) is -0.0905. The number of nitrogens with zero attached hydrogens (tertiary/aromatic N) is 1. The van der Waals surface area contributed by atoms with Gasteiger partial charge in [0.25, 0.3) is 0 Å². The number of halogens is 1. The number of hydrogen-bond donors (Lipinski definition) is 0. The van der Waals surface area contributed by atoms with Gasteiger partial charge in [-0.1, -0.05) is 23.7 Å². The molecule has 35 heavy (non-hydrogen) atoms. The number of hydrogen-bond acceptors (Lipinski definition) is 6. The molecule has 0 aromatic heterocycles. The Morgan fingerprint density at radius 2 is 1.83 bits per heavy atom. The highest BCUT2D eigenvalue weighted by molar-refractivity contribution is 6.30. The van der Waals surface area contributed by atoms with Crippen LogP contribution in [0.15, 0.2) is 30.3 Å². The monoisotopic (exact) mass is 497 g/mol. The first-order valence-electron chi connectivity index (χ1n) is 11.9. The van der Waals surface area contributed by atoms with Gasteiger partial charge in [0.2, 0.25) is 5.78 Å². The maximum Gasteiger partial charge on any atom is 0.411 e. The molecule has 2 atom stereocenters. The number of esters is 1. The van der Waals surface area contributed by atoms with Crippen LogP contribution in [0.3, 0.4) is 0 Å². The lowest BCUT2D eigenvalue weighted by Gasteiger charge is -2.31. The fraction of sp³-hybridized carbons (Fsp3) is 0.444. The molecule has 1 aliphatic carbocycles. The van der Waals surface area contributed by atoms with Gasteiger partial charge < -0.3 is 14.2 Å². The third-order valence-corrected chi connectivity index (χ3v) is 6.85. The Labute approximate surface area is 209 Å². The zero-order valence-corrected chi connectivity index (χ0v) is 20.8. The standard InChI is InChI=1S/C27H28ClNO6/c1-27(2,3)35-26(32)29-12-4-5-21(29)25(31)34-22-11-10-20-18(23(22)30)8-9-19-17-7-6-16(28)13-15(17)14-33-24(19)20/h6-9,13,21-22H,4-5,10-12,14H2,1-3H3/t21-,22?/m0/s1. The van der Waals surface area contributed by atoms with Gasteiger partial charge in [-0.05, 0) is 75.8 Å². The molecule has 0 spiro atoms. The van der Waals surface area contributed by atoms with Crippen molar-refractivity contribution in [2.45, 2.75) is 70.8 Å². The van der Waals surface area contributed by atoms with E-state index in [1.165, 1.54) is 4.90 Å². The number of amides is 1. The first kappa shape index (κ1) is 23.7. The van der Waals surface area contributed by atoms with Crippen LogP contribution in [0.2, 0.25) is 5.02 Å². The van der Waals surface area contributed by atoms with Crippen molar-refractivity contribution in [1.29, 1.82) is 0 Å². The van der Waals surface area contributed by atoms with Gasteiger partial charge in [-0.3, -0.25) is 9.69 Å². The summed E-state index contributed by atoms with van der Waals surface area (Å²) in [7, 11) is 0. The Bertz CT molecular complexity index is 1220. The molecule has 2 aliphatic heterocycles. The van der Waals surface area contributed by atoms with E-state index in [-0.39, 0.29) is 5.78 Å². The molecule has 7 nitrogen and oxygen atoms in total. The second-order valence-electron chi connectivity index (χ2n) is 10.2. The molecule has 1 saturated heterocycles. The van der Waals surface area contributed by atoms with Gasteiger partial charge in [0.1, 0.15) is 24.0 Å². The molecule has 1 unspecified atom stereocenters. The molecule has 2 heterocycles. The van der Waals surface area contributed by atoms with Gasteiger partial charge in [-0.2, -0.15) is 0 Å². The molecule has 3 aliphatic rings. The van der Waals surface area contributed by atoms with Crippen LogP contribution in [0.1, 0.15) is 61.5 Å². The highest BCUT2D eigenvalue weighted by Gasteiger charge is 2.41. The van der Waals surface area contributed by atoms with Gasteiger partial charge in [0.05, 0.1) is 0 Å². The van der Waals surface area contributed by atoms with Crippen molar-refractivity contribution in [2.75, 3.05) is 6.54 Å². The van der Waals surface area contributed by atoms with E-state index in [2.05, 4.69) is 0 Å². The highest BCUT2D eigenvalue weighted by atomic mass is 35.5. The molecule has 2 aromatic rings. The maximum atomic E-state index is 13.3. The van der Waals surface area contributed by atoms with E-state index in [0.717, 1.165) is 22.3 Å². The van der Waals surface area contributed by atoms with E-state index in [4.69, 9.17) is 25.8 Å². The minimum atomic E-state index is -0.885. The first-order chi connectivity index (χ1) is 16.6. The van der Waals surface area contributed by atoms with Crippen LogP contribution in [0, 0.1) is 0 Å². The summed E-state index contributed by atoms with van der Waals surface area (Å²) >= 11 is 6.13. The molecular formula is C27H28ClNO6. The number of rotatable bonds is 2. The molecular weight excluding hydrogens is 470 g/mol. The van der Waals surface area contributed by atoms with Crippen molar-refractivity contribution >= 4 is 29.4 Å². The molecule has 2 aromatic carbocycles. The van der Waals surface area contributed by atoms with Crippen LogP contribution in [0.4, 0.5) is 4.79 Å². The number of carbonyl (C=O) groups excluding carboxylic acids is 3. The SMILES string of the molecule is CC(C)(C)OC(=O)N1CCC[C@H]1C(=O)OC1CCc2c(ccc3c2OCc2cc(Cl)ccc2-3)C1=O. The van der Waals surface area contributed by atoms with Gasteiger partial charge in [0.15, 0.2) is 6.10 Å². The predicted octanol–water partition coefficient (Wildman–Crippen LogP) is 5.34. The minimum absolute atomic E-state index is 0.241. The third kappa shape index (κ3) is 4.49. The summed E-state index contributed by atoms with van der Waals surface area (Å²) in [6.07, 6.45) is 0.651. The Morgan fingerprint density at radius 1 is 1.09 bits per heavy atom. The smallest absolute Gasteiger partial charge is 0.411 e. The van der Waals surface area contributed by atoms with E-state index in [1.54, 1.807) is 26.8 Å². The number of ketones is 1. The van der Waals surface area contributed by atoms with Crippen molar-refractivity contribution in [3.63, 3.8) is 0 Å². The summed E-state index contributed by atoms with van der Waals surface area (Å²) in [5, 5.41) is 0.654. The zero-order valence-electron chi connectivity index (χ0n) is 20.1. The van der Waals surface area contributed by atoms with E-state index in [0.29, 0.717) is 55.2 Å². The molecule has 8 heteroatoms. The lowest BCUT2D eigenvalue weighted by Crippen LogP contribution is -2.45. The Hall–Kier alpha value is -3.06. The number of fused-ring (bicyclic) bond motifs is 5. The Kier molecular flexibility index (Phi) is 5.99. The third-order valence-electron chi connectivity index (χ3n) is 6.62. The summed E-state index contributed by atoms with van der Waals surface area (Å²) in [5.41, 5.74) is 3.68. The summed E-state index contributed by atoms with van der Waals surface area (Å²) in [6.45, 7) is 6.15. The number of Topliss-reactive ketones (excluding diaryl/α,β-unsaturated/α-hetero) is 1. The largest absolute Gasteiger partial charge is 0.488 e. The fourth-order valence-corrected chi connectivity index (χ4v) is 5.23. The number of ether oxygens (including phenoxy) is 3. The number of carbonyl (C=O) groups is 3. The van der Waals surface area contributed by atoms with Crippen LogP contribution in [-0.2, 0) is 27.3 Å². The van der Waals surface area contributed by atoms with Crippen LogP contribution < -0.4 is 4.74 Å². The molecule has 1 amide bonds. The molecule has 0 radical (unpaired) electrons. The molecule has 1 fully saturated rings. The second-order valence-corrected chi connectivity index (χ2v) is 10.7. The fourth-order valence-electron chi connectivity index (χ4n) is 5.04. The van der Waals surface area contributed by atoms with Crippen LogP contribution in [-0.4, -0.2) is 47.0 Å². The second kappa shape index (κ2) is 8.86. The maximum absolute atomic E-state index is 13.3. The normalized spacial score (nSPS) is 20.9. The van der Waals surface area contributed by atoms with E-state index >= 15 is 0 Å². The van der Waals surface area contributed by atoms with Crippen molar-refractivity contribution in [1.82, 2.24) is 4.90 Å². The number of benzene rings is 2. The molecule has 5 rings (SSSR count). The van der Waals surface area contributed by atoms with E-state index in [1.807, 2.05) is 24.3 Å². The number of likely N-dealkylation sites (tertiary alicyclic amines) is 1. The highest BCUT2D eigenvalue weighted by Crippen LogP contribution is 2.44.